The van der Waals surface area contributed by atoms with Crippen LogP contribution in [0.5, 0.6) is 0 Å². The molecule has 2 amide bonds. The van der Waals surface area contributed by atoms with Gasteiger partial charge in [-0.2, -0.15) is 5.10 Å². The van der Waals surface area contributed by atoms with Gasteiger partial charge in [-0.25, -0.2) is 9.67 Å². The van der Waals surface area contributed by atoms with E-state index in [-0.39, 0.29) is 17.9 Å². The van der Waals surface area contributed by atoms with Crippen LogP contribution in [0.1, 0.15) is 29.4 Å². The summed E-state index contributed by atoms with van der Waals surface area (Å²) in [6, 6.07) is 13.3. The Labute approximate surface area is 179 Å². The Balaban J connectivity index is 1.49. The first kappa shape index (κ1) is 18.9. The second kappa shape index (κ2) is 7.63. The average molecular weight is 439 g/mol. The van der Waals surface area contributed by atoms with Gasteiger partial charge in [-0.1, -0.05) is 18.2 Å². The minimum Gasteiger partial charge on any atom is -0.322 e. The molecule has 1 aromatic carbocycles. The lowest BCUT2D eigenvalue weighted by Crippen LogP contribution is -2.52. The van der Waals surface area contributed by atoms with E-state index in [2.05, 4.69) is 26.0 Å². The standard InChI is InChI=1S/C20H18N6O2S2/c1-11-9-17(27)24-20(21-11)26-16(10-13(25-26)14-7-4-8-29-14)23-18(28)19-22-12-5-2-3-6-15(12)30-19/h2-8,10-11,20-21H,9H2,1H3,(H,23,28)(H,24,27). The number of carbonyl (C=O) groups excluding carboxylic acids is 2. The Morgan fingerprint density at radius 3 is 2.90 bits per heavy atom. The van der Waals surface area contributed by atoms with Gasteiger partial charge in [-0.3, -0.25) is 14.9 Å². The Kier molecular flexibility index (Phi) is 4.81. The SMILES string of the molecule is CC1CC(=O)NC(n2nc(-c3cccs3)cc2NC(=O)c2nc3ccccc3s2)N1. The molecule has 2 atom stereocenters. The van der Waals surface area contributed by atoms with Crippen molar-refractivity contribution in [3.63, 3.8) is 0 Å². The molecule has 0 radical (unpaired) electrons. The molecule has 0 spiro atoms. The molecule has 8 nitrogen and oxygen atoms in total. The minimum atomic E-state index is -0.555. The fourth-order valence-corrected chi connectivity index (χ4v) is 4.90. The number of thiazole rings is 1. The number of amides is 2. The van der Waals surface area contributed by atoms with E-state index >= 15 is 0 Å². The molecule has 1 aliphatic heterocycles. The number of carbonyl (C=O) groups is 2. The summed E-state index contributed by atoms with van der Waals surface area (Å²) in [5.41, 5.74) is 1.51. The van der Waals surface area contributed by atoms with Crippen LogP contribution >= 0.6 is 22.7 Å². The first-order valence-electron chi connectivity index (χ1n) is 9.42. The first-order valence-corrected chi connectivity index (χ1v) is 11.1. The van der Waals surface area contributed by atoms with E-state index in [4.69, 9.17) is 0 Å². The van der Waals surface area contributed by atoms with Crippen LogP contribution in [-0.4, -0.2) is 32.6 Å². The number of hydrogen-bond acceptors (Lipinski definition) is 7. The van der Waals surface area contributed by atoms with Crippen LogP contribution in [0.15, 0.2) is 47.8 Å². The van der Waals surface area contributed by atoms with Crippen molar-refractivity contribution < 1.29 is 9.59 Å². The van der Waals surface area contributed by atoms with Gasteiger partial charge >= 0.3 is 0 Å². The fourth-order valence-electron chi connectivity index (χ4n) is 3.36. The van der Waals surface area contributed by atoms with Crippen molar-refractivity contribution in [3.05, 3.63) is 52.9 Å². The van der Waals surface area contributed by atoms with E-state index in [1.165, 1.54) is 11.3 Å². The Morgan fingerprint density at radius 1 is 1.27 bits per heavy atom. The lowest BCUT2D eigenvalue weighted by molar-refractivity contribution is -0.125. The molecule has 152 valence electrons. The van der Waals surface area contributed by atoms with Crippen LogP contribution in [0.2, 0.25) is 0 Å². The lowest BCUT2D eigenvalue weighted by Gasteiger charge is -2.30. The summed E-state index contributed by atoms with van der Waals surface area (Å²) in [4.78, 5) is 30.4. The van der Waals surface area contributed by atoms with Gasteiger partial charge < -0.3 is 10.6 Å². The van der Waals surface area contributed by atoms with Crippen molar-refractivity contribution in [1.29, 1.82) is 0 Å². The average Bonchev–Trinajstić information content (AvgIpc) is 3.46. The molecule has 1 aliphatic rings. The molecule has 0 aliphatic carbocycles. The van der Waals surface area contributed by atoms with Crippen molar-refractivity contribution in [3.8, 4) is 10.6 Å². The van der Waals surface area contributed by atoms with Crippen molar-refractivity contribution in [2.24, 2.45) is 0 Å². The van der Waals surface area contributed by atoms with Crippen molar-refractivity contribution >= 4 is 50.5 Å². The number of aromatic nitrogens is 3. The molecule has 5 rings (SSSR count). The number of fused-ring (bicyclic) bond motifs is 1. The molecule has 1 fully saturated rings. The molecule has 3 N–H and O–H groups in total. The highest BCUT2D eigenvalue weighted by Crippen LogP contribution is 2.29. The Morgan fingerprint density at radius 2 is 2.13 bits per heavy atom. The van der Waals surface area contributed by atoms with E-state index in [1.54, 1.807) is 16.0 Å². The minimum absolute atomic E-state index is 0.00838. The van der Waals surface area contributed by atoms with Crippen LogP contribution in [0.25, 0.3) is 20.8 Å². The molecule has 4 heterocycles. The van der Waals surface area contributed by atoms with E-state index < -0.39 is 6.29 Å². The van der Waals surface area contributed by atoms with Crippen LogP contribution in [0.4, 0.5) is 5.82 Å². The third-order valence-electron chi connectivity index (χ3n) is 4.72. The number of benzene rings is 1. The number of nitrogens with one attached hydrogen (secondary N) is 3. The number of rotatable bonds is 4. The van der Waals surface area contributed by atoms with Gasteiger partial charge in [-0.15, -0.1) is 22.7 Å². The van der Waals surface area contributed by atoms with Gasteiger partial charge in [-0.05, 0) is 30.5 Å². The van der Waals surface area contributed by atoms with Crippen molar-refractivity contribution in [2.45, 2.75) is 25.7 Å². The largest absolute Gasteiger partial charge is 0.322 e. The Hall–Kier alpha value is -3.08. The molecule has 30 heavy (non-hydrogen) atoms. The summed E-state index contributed by atoms with van der Waals surface area (Å²) in [5, 5.41) is 16.1. The van der Waals surface area contributed by atoms with E-state index in [0.717, 1.165) is 20.8 Å². The third kappa shape index (κ3) is 3.60. The van der Waals surface area contributed by atoms with Crippen LogP contribution in [0.3, 0.4) is 0 Å². The van der Waals surface area contributed by atoms with Gasteiger partial charge in [0, 0.05) is 18.5 Å². The summed E-state index contributed by atoms with van der Waals surface area (Å²) in [7, 11) is 0. The van der Waals surface area contributed by atoms with Crippen LogP contribution in [0, 0.1) is 0 Å². The van der Waals surface area contributed by atoms with Gasteiger partial charge in [0.15, 0.2) is 11.3 Å². The van der Waals surface area contributed by atoms with E-state index in [9.17, 15) is 9.59 Å². The third-order valence-corrected chi connectivity index (χ3v) is 6.64. The molecule has 2 unspecified atom stereocenters. The monoisotopic (exact) mass is 438 g/mol. The van der Waals surface area contributed by atoms with Crippen molar-refractivity contribution in [2.75, 3.05) is 5.32 Å². The molecule has 10 heteroatoms. The lowest BCUT2D eigenvalue weighted by atomic mass is 10.2. The Bertz CT molecular complexity index is 1200. The molecular formula is C20H18N6O2S2. The summed E-state index contributed by atoms with van der Waals surface area (Å²) < 4.78 is 2.55. The maximum atomic E-state index is 12.9. The topological polar surface area (TPSA) is 101 Å². The number of anilines is 1. The zero-order chi connectivity index (χ0) is 20.7. The van der Waals surface area contributed by atoms with E-state index in [1.807, 2.05) is 54.8 Å². The fraction of sp³-hybridized carbons (Fsp3) is 0.200. The highest BCUT2D eigenvalue weighted by molar-refractivity contribution is 7.20. The summed E-state index contributed by atoms with van der Waals surface area (Å²) in [5.74, 6) is 0.0997. The maximum Gasteiger partial charge on any atom is 0.285 e. The number of nitrogens with zero attached hydrogens (tertiary/aromatic N) is 3. The zero-order valence-electron chi connectivity index (χ0n) is 16.0. The summed E-state index contributed by atoms with van der Waals surface area (Å²) in [6.45, 7) is 1.94. The molecule has 3 aromatic heterocycles. The molecule has 4 aromatic rings. The molecule has 0 saturated carbocycles. The number of thiophene rings is 1. The molecule has 0 bridgehead atoms. The summed E-state index contributed by atoms with van der Waals surface area (Å²) >= 11 is 2.89. The van der Waals surface area contributed by atoms with Gasteiger partial charge in [0.1, 0.15) is 11.5 Å². The predicted octanol–water partition coefficient (Wildman–Crippen LogP) is 3.43. The zero-order valence-corrected chi connectivity index (χ0v) is 17.6. The van der Waals surface area contributed by atoms with Gasteiger partial charge in [0.05, 0.1) is 15.1 Å². The molecular weight excluding hydrogens is 420 g/mol. The van der Waals surface area contributed by atoms with Crippen molar-refractivity contribution in [1.82, 2.24) is 25.4 Å². The van der Waals surface area contributed by atoms with Gasteiger partial charge in [0.25, 0.3) is 5.91 Å². The highest BCUT2D eigenvalue weighted by atomic mass is 32.1. The normalized spacial score (nSPS) is 19.0. The van der Waals surface area contributed by atoms with Gasteiger partial charge in [0.2, 0.25) is 5.91 Å². The number of para-hydroxylation sites is 1. The second-order valence-corrected chi connectivity index (χ2v) is 9.00. The van der Waals surface area contributed by atoms with Crippen LogP contribution < -0.4 is 16.0 Å². The molecule has 1 saturated heterocycles. The van der Waals surface area contributed by atoms with E-state index in [0.29, 0.717) is 17.2 Å². The summed E-state index contributed by atoms with van der Waals surface area (Å²) in [6.07, 6.45) is -0.163. The predicted molar refractivity (Wildman–Crippen MR) is 118 cm³/mol. The quantitative estimate of drug-likeness (QED) is 0.453. The highest BCUT2D eigenvalue weighted by Gasteiger charge is 2.28. The first-order chi connectivity index (χ1) is 14.6. The second-order valence-electron chi connectivity index (χ2n) is 7.02. The maximum absolute atomic E-state index is 12.9. The van der Waals surface area contributed by atoms with Crippen LogP contribution in [-0.2, 0) is 4.79 Å². The smallest absolute Gasteiger partial charge is 0.285 e. The number of hydrogen-bond donors (Lipinski definition) is 3.